The van der Waals surface area contributed by atoms with Crippen LogP contribution in [0.3, 0.4) is 0 Å². The maximum atomic E-state index is 6.62. The second-order valence-corrected chi connectivity index (χ2v) is 17.7. The van der Waals surface area contributed by atoms with Gasteiger partial charge in [0.05, 0.1) is 11.1 Å². The standard InChI is InChI=1S/C48H33NO2S/c1-52(2)44-26-25-37-36-15-5-7-18-41(36)51-48(37)47(44)39-24-23-35(29-45(39)52)49(40-17-10-20-43-46(40)38-16-6-8-19-42(38)50-43)34-14-9-13-32(28-34)33-22-21-30-11-3-4-12-31(30)27-33/h3-29H,1-2H3. The van der Waals surface area contributed by atoms with Crippen LogP contribution in [0.1, 0.15) is 0 Å². The van der Waals surface area contributed by atoms with E-state index in [1.807, 2.05) is 12.1 Å². The molecule has 11 rings (SSSR count). The van der Waals surface area contributed by atoms with Crippen molar-refractivity contribution in [3.05, 3.63) is 164 Å². The number of rotatable bonds is 4. The lowest BCUT2D eigenvalue weighted by molar-refractivity contribution is 0.668. The predicted octanol–water partition coefficient (Wildman–Crippen LogP) is 14.2. The van der Waals surface area contributed by atoms with Crippen molar-refractivity contribution < 1.29 is 8.83 Å². The highest BCUT2D eigenvalue weighted by atomic mass is 32.3. The van der Waals surface area contributed by atoms with Gasteiger partial charge in [-0.15, -0.1) is 0 Å². The van der Waals surface area contributed by atoms with Crippen LogP contribution in [0.25, 0.3) is 76.9 Å². The van der Waals surface area contributed by atoms with Gasteiger partial charge in [-0.05, 0) is 107 Å². The number of furan rings is 2. The molecule has 0 unspecified atom stereocenters. The molecule has 1 aliphatic heterocycles. The van der Waals surface area contributed by atoms with Crippen LogP contribution in [0.2, 0.25) is 0 Å². The van der Waals surface area contributed by atoms with Crippen molar-refractivity contribution in [2.75, 3.05) is 17.4 Å². The third kappa shape index (κ3) is 4.22. The summed E-state index contributed by atoms with van der Waals surface area (Å²) in [5, 5.41) is 7.03. The first-order valence-electron chi connectivity index (χ1n) is 17.6. The number of hydrogen-bond acceptors (Lipinski definition) is 3. The monoisotopic (exact) mass is 687 g/mol. The number of para-hydroxylation sites is 2. The molecule has 0 aliphatic carbocycles. The Hall–Kier alpha value is -6.23. The highest BCUT2D eigenvalue weighted by molar-refractivity contribution is 8.33. The molecule has 0 atom stereocenters. The van der Waals surface area contributed by atoms with E-state index in [-0.39, 0.29) is 0 Å². The number of benzene rings is 8. The lowest BCUT2D eigenvalue weighted by atomic mass is 9.99. The summed E-state index contributed by atoms with van der Waals surface area (Å²) in [5.74, 6) is 0. The van der Waals surface area contributed by atoms with Crippen LogP contribution in [0, 0.1) is 0 Å². The summed E-state index contributed by atoms with van der Waals surface area (Å²) in [6, 6.07) is 59.0. The molecule has 10 aromatic rings. The second kappa shape index (κ2) is 10.9. The number of nitrogens with zero attached hydrogens (tertiary/aromatic N) is 1. The van der Waals surface area contributed by atoms with Gasteiger partial charge >= 0.3 is 0 Å². The molecular weight excluding hydrogens is 655 g/mol. The van der Waals surface area contributed by atoms with Gasteiger partial charge in [-0.25, -0.2) is 0 Å². The molecule has 0 bridgehead atoms. The average molecular weight is 688 g/mol. The highest BCUT2D eigenvalue weighted by Crippen LogP contribution is 2.69. The van der Waals surface area contributed by atoms with Gasteiger partial charge in [-0.1, -0.05) is 97.1 Å². The highest BCUT2D eigenvalue weighted by Gasteiger charge is 2.35. The molecule has 4 heteroatoms. The Balaban J connectivity index is 1.15. The van der Waals surface area contributed by atoms with Crippen molar-refractivity contribution in [2.45, 2.75) is 9.79 Å². The van der Waals surface area contributed by atoms with E-state index in [2.05, 4.69) is 169 Å². The van der Waals surface area contributed by atoms with Crippen LogP contribution < -0.4 is 4.90 Å². The van der Waals surface area contributed by atoms with E-state index in [0.717, 1.165) is 55.6 Å². The quantitative estimate of drug-likeness (QED) is 0.184. The summed E-state index contributed by atoms with van der Waals surface area (Å²) in [7, 11) is -1.36. The van der Waals surface area contributed by atoms with E-state index in [4.69, 9.17) is 8.83 Å². The number of hydrogen-bond donors (Lipinski definition) is 0. The summed E-state index contributed by atoms with van der Waals surface area (Å²) in [5.41, 5.74) is 11.8. The molecule has 3 nitrogen and oxygen atoms in total. The minimum atomic E-state index is -1.36. The fourth-order valence-electron chi connectivity index (χ4n) is 8.41. The van der Waals surface area contributed by atoms with Gasteiger partial charge in [0.15, 0.2) is 0 Å². The van der Waals surface area contributed by atoms with E-state index in [1.54, 1.807) is 0 Å². The first kappa shape index (κ1) is 29.5. The Morgan fingerprint density at radius 2 is 1.17 bits per heavy atom. The maximum absolute atomic E-state index is 6.62. The molecule has 0 saturated carbocycles. The lowest BCUT2D eigenvalue weighted by Crippen LogP contribution is -2.11. The van der Waals surface area contributed by atoms with E-state index in [1.165, 1.54) is 48.2 Å². The molecule has 0 N–H and O–H groups in total. The lowest BCUT2D eigenvalue weighted by Gasteiger charge is -2.31. The van der Waals surface area contributed by atoms with Crippen molar-refractivity contribution in [3.63, 3.8) is 0 Å². The van der Waals surface area contributed by atoms with E-state index in [0.29, 0.717) is 0 Å². The Bertz CT molecular complexity index is 3080. The Kier molecular flexibility index (Phi) is 6.17. The summed E-state index contributed by atoms with van der Waals surface area (Å²) < 4.78 is 13.0. The Morgan fingerprint density at radius 3 is 2.06 bits per heavy atom. The van der Waals surface area contributed by atoms with Crippen molar-refractivity contribution in [2.24, 2.45) is 0 Å². The zero-order valence-corrected chi connectivity index (χ0v) is 29.6. The third-order valence-electron chi connectivity index (χ3n) is 10.9. The van der Waals surface area contributed by atoms with Gasteiger partial charge in [0.25, 0.3) is 0 Å². The first-order valence-corrected chi connectivity index (χ1v) is 20.1. The van der Waals surface area contributed by atoms with Crippen LogP contribution in [-0.4, -0.2) is 12.5 Å². The molecule has 0 radical (unpaired) electrons. The molecule has 0 saturated heterocycles. The van der Waals surface area contributed by atoms with E-state index < -0.39 is 10.0 Å². The smallest absolute Gasteiger partial charge is 0.144 e. The van der Waals surface area contributed by atoms with Crippen molar-refractivity contribution in [3.8, 4) is 22.3 Å². The summed E-state index contributed by atoms with van der Waals surface area (Å²) >= 11 is 0. The zero-order valence-electron chi connectivity index (χ0n) is 28.8. The molecule has 0 spiro atoms. The van der Waals surface area contributed by atoms with Gasteiger partial charge in [0.2, 0.25) is 0 Å². The predicted molar refractivity (Wildman–Crippen MR) is 220 cm³/mol. The van der Waals surface area contributed by atoms with Gasteiger partial charge in [-0.3, -0.25) is 0 Å². The van der Waals surface area contributed by atoms with Gasteiger partial charge in [0, 0.05) is 42.9 Å². The Labute approximate surface area is 302 Å². The first-order chi connectivity index (χ1) is 25.5. The minimum Gasteiger partial charge on any atom is -0.456 e. The average Bonchev–Trinajstić information content (AvgIpc) is 3.83. The van der Waals surface area contributed by atoms with Crippen LogP contribution in [0.4, 0.5) is 17.1 Å². The molecule has 3 heterocycles. The molecule has 0 fully saturated rings. The van der Waals surface area contributed by atoms with Crippen LogP contribution in [-0.2, 0) is 0 Å². The van der Waals surface area contributed by atoms with Crippen LogP contribution >= 0.6 is 10.0 Å². The zero-order chi connectivity index (χ0) is 34.6. The van der Waals surface area contributed by atoms with Gasteiger partial charge in [-0.2, -0.15) is 10.0 Å². The van der Waals surface area contributed by atoms with Crippen LogP contribution in [0.15, 0.2) is 182 Å². The summed E-state index contributed by atoms with van der Waals surface area (Å²) in [6.45, 7) is 0. The molecule has 8 aromatic carbocycles. The molecule has 1 aliphatic rings. The SMILES string of the molecule is CS1(C)c2cc(N(c3cccc(-c4ccc5ccccc5c4)c3)c3cccc4oc5ccccc5c34)ccc2-c2c1ccc1c2oc2ccccc21. The fraction of sp³-hybridized carbons (Fsp3) is 0.0417. The van der Waals surface area contributed by atoms with Gasteiger partial charge in [0.1, 0.15) is 22.3 Å². The number of fused-ring (bicyclic) bond motifs is 11. The molecule has 248 valence electrons. The fourth-order valence-corrected chi connectivity index (χ4v) is 10.9. The van der Waals surface area contributed by atoms with Crippen molar-refractivity contribution in [1.82, 2.24) is 0 Å². The van der Waals surface area contributed by atoms with E-state index in [9.17, 15) is 0 Å². The van der Waals surface area contributed by atoms with Crippen molar-refractivity contribution >= 4 is 81.7 Å². The van der Waals surface area contributed by atoms with E-state index >= 15 is 0 Å². The minimum absolute atomic E-state index is 0.876. The molecule has 52 heavy (non-hydrogen) atoms. The van der Waals surface area contributed by atoms with Gasteiger partial charge < -0.3 is 13.7 Å². The summed E-state index contributed by atoms with van der Waals surface area (Å²) in [6.07, 6.45) is 4.84. The normalized spacial score (nSPS) is 14.0. The second-order valence-electron chi connectivity index (χ2n) is 14.1. The van der Waals surface area contributed by atoms with Crippen LogP contribution in [0.5, 0.6) is 0 Å². The maximum Gasteiger partial charge on any atom is 0.144 e. The largest absolute Gasteiger partial charge is 0.456 e. The Morgan fingerprint density at radius 1 is 0.462 bits per heavy atom. The molecule has 2 aromatic heterocycles. The third-order valence-corrected chi connectivity index (χ3v) is 13.8. The summed E-state index contributed by atoms with van der Waals surface area (Å²) in [4.78, 5) is 5.16. The molecular formula is C48H33NO2S. The van der Waals surface area contributed by atoms with Crippen molar-refractivity contribution in [1.29, 1.82) is 0 Å². The number of anilines is 3. The molecule has 0 amide bonds. The topological polar surface area (TPSA) is 29.5 Å².